The fourth-order valence-corrected chi connectivity index (χ4v) is 4.75. The predicted molar refractivity (Wildman–Crippen MR) is 98.7 cm³/mol. The minimum atomic E-state index is -0.257. The zero-order valence-electron chi connectivity index (χ0n) is 15.6. The van der Waals surface area contributed by atoms with Crippen LogP contribution in [0.2, 0.25) is 0 Å². The molecule has 0 unspecified atom stereocenters. The van der Waals surface area contributed by atoms with Crippen LogP contribution in [-0.2, 0) is 20.7 Å². The van der Waals surface area contributed by atoms with E-state index in [4.69, 9.17) is 4.74 Å². The summed E-state index contributed by atoms with van der Waals surface area (Å²) < 4.78 is 6.17. The van der Waals surface area contributed by atoms with Gasteiger partial charge in [-0.2, -0.15) is 0 Å². The van der Waals surface area contributed by atoms with E-state index in [-0.39, 0.29) is 23.5 Å². The third-order valence-corrected chi connectivity index (χ3v) is 6.29. The lowest BCUT2D eigenvalue weighted by molar-refractivity contribution is -0.140. The summed E-state index contributed by atoms with van der Waals surface area (Å²) in [6.07, 6.45) is 4.79. The summed E-state index contributed by atoms with van der Waals surface area (Å²) in [6, 6.07) is 8.36. The van der Waals surface area contributed by atoms with Crippen LogP contribution in [0, 0.1) is 6.92 Å². The van der Waals surface area contributed by atoms with Crippen molar-refractivity contribution in [2.24, 2.45) is 0 Å². The van der Waals surface area contributed by atoms with Gasteiger partial charge in [-0.15, -0.1) is 0 Å². The van der Waals surface area contributed by atoms with Gasteiger partial charge < -0.3 is 14.5 Å². The molecule has 5 nitrogen and oxygen atoms in total. The Labute approximate surface area is 155 Å². The van der Waals surface area contributed by atoms with Crippen molar-refractivity contribution in [3.05, 3.63) is 35.4 Å². The second-order valence-corrected chi connectivity index (χ2v) is 8.04. The van der Waals surface area contributed by atoms with Crippen LogP contribution in [0.4, 0.5) is 0 Å². The summed E-state index contributed by atoms with van der Waals surface area (Å²) >= 11 is 0. The number of nitrogens with zero attached hydrogens (tertiary/aromatic N) is 2. The van der Waals surface area contributed by atoms with E-state index in [9.17, 15) is 9.59 Å². The maximum Gasteiger partial charge on any atom is 0.227 e. The number of ether oxygens (including phenoxy) is 1. The van der Waals surface area contributed by atoms with Crippen LogP contribution in [0.25, 0.3) is 0 Å². The fourth-order valence-electron chi connectivity index (χ4n) is 4.75. The molecule has 2 amide bonds. The molecule has 3 fully saturated rings. The van der Waals surface area contributed by atoms with E-state index in [1.54, 1.807) is 0 Å². The first-order valence-electron chi connectivity index (χ1n) is 9.82. The molecular weight excluding hydrogens is 328 g/mol. The third-order valence-electron chi connectivity index (χ3n) is 6.29. The van der Waals surface area contributed by atoms with Gasteiger partial charge in [0.1, 0.15) is 0 Å². The van der Waals surface area contributed by atoms with Crippen molar-refractivity contribution in [2.75, 3.05) is 26.2 Å². The van der Waals surface area contributed by atoms with Gasteiger partial charge in [0.2, 0.25) is 11.8 Å². The van der Waals surface area contributed by atoms with Crippen molar-refractivity contribution < 1.29 is 14.3 Å². The van der Waals surface area contributed by atoms with E-state index >= 15 is 0 Å². The Morgan fingerprint density at radius 2 is 2.15 bits per heavy atom. The topological polar surface area (TPSA) is 49.9 Å². The zero-order valence-corrected chi connectivity index (χ0v) is 15.6. The van der Waals surface area contributed by atoms with Crippen LogP contribution in [0.5, 0.6) is 0 Å². The summed E-state index contributed by atoms with van der Waals surface area (Å²) in [5.41, 5.74) is 2.01. The molecule has 1 aromatic rings. The van der Waals surface area contributed by atoms with Crippen molar-refractivity contribution in [1.82, 2.24) is 9.80 Å². The first-order valence-corrected chi connectivity index (χ1v) is 9.82. The number of carbonyl (C=O) groups is 2. The Balaban J connectivity index is 1.40. The highest BCUT2D eigenvalue weighted by Gasteiger charge is 2.46. The summed E-state index contributed by atoms with van der Waals surface area (Å²) in [6.45, 7) is 5.04. The van der Waals surface area contributed by atoms with Gasteiger partial charge in [0.05, 0.1) is 12.0 Å². The molecule has 4 rings (SSSR count). The standard InChI is InChI=1S/C21H28N2O3/c1-16-5-2-3-6-17(16)13-20(25)22-11-9-21(15-22)14-18(8-12-26-21)23-10-4-7-19(23)24/h2-3,5-6,18H,4,7-15H2,1H3/t18-,21+/m1/s1. The summed E-state index contributed by atoms with van der Waals surface area (Å²) in [5, 5.41) is 0. The molecule has 5 heteroatoms. The number of hydrogen-bond donors (Lipinski definition) is 0. The highest BCUT2D eigenvalue weighted by molar-refractivity contribution is 5.80. The molecular formula is C21H28N2O3. The van der Waals surface area contributed by atoms with E-state index in [1.807, 2.05) is 23.1 Å². The van der Waals surface area contributed by atoms with Crippen molar-refractivity contribution in [1.29, 1.82) is 0 Å². The smallest absolute Gasteiger partial charge is 0.227 e. The number of hydrogen-bond acceptors (Lipinski definition) is 3. The molecule has 3 aliphatic heterocycles. The Hall–Kier alpha value is -1.88. The molecule has 1 spiro atoms. The van der Waals surface area contributed by atoms with E-state index in [1.165, 1.54) is 0 Å². The molecule has 0 N–H and O–H groups in total. The lowest BCUT2D eigenvalue weighted by Gasteiger charge is -2.41. The second-order valence-electron chi connectivity index (χ2n) is 8.04. The van der Waals surface area contributed by atoms with Gasteiger partial charge in [-0.25, -0.2) is 0 Å². The van der Waals surface area contributed by atoms with Gasteiger partial charge in [-0.1, -0.05) is 24.3 Å². The molecule has 3 heterocycles. The maximum absolute atomic E-state index is 12.8. The van der Waals surface area contributed by atoms with Crippen molar-refractivity contribution in [3.8, 4) is 0 Å². The van der Waals surface area contributed by atoms with Crippen LogP contribution in [0.15, 0.2) is 24.3 Å². The van der Waals surface area contributed by atoms with Crippen LogP contribution < -0.4 is 0 Å². The number of carbonyl (C=O) groups excluding carboxylic acids is 2. The quantitative estimate of drug-likeness (QED) is 0.835. The van der Waals surface area contributed by atoms with Gasteiger partial charge >= 0.3 is 0 Å². The molecule has 1 aromatic carbocycles. The molecule has 0 saturated carbocycles. The van der Waals surface area contributed by atoms with Crippen LogP contribution in [0.1, 0.15) is 43.2 Å². The van der Waals surface area contributed by atoms with Gasteiger partial charge in [0.15, 0.2) is 0 Å². The minimum absolute atomic E-state index is 0.180. The molecule has 26 heavy (non-hydrogen) atoms. The lowest BCUT2D eigenvalue weighted by atomic mass is 9.89. The fraction of sp³-hybridized carbons (Fsp3) is 0.619. The van der Waals surface area contributed by atoms with E-state index in [0.717, 1.165) is 49.9 Å². The van der Waals surface area contributed by atoms with Crippen LogP contribution in [-0.4, -0.2) is 59.5 Å². The molecule has 0 aliphatic carbocycles. The van der Waals surface area contributed by atoms with E-state index in [2.05, 4.69) is 17.9 Å². The normalized spacial score (nSPS) is 29.0. The average molecular weight is 356 g/mol. The molecule has 3 aliphatic rings. The molecule has 0 radical (unpaired) electrons. The molecule has 140 valence electrons. The first kappa shape index (κ1) is 17.5. The lowest BCUT2D eigenvalue weighted by Crippen LogP contribution is -2.50. The number of benzene rings is 1. The molecule has 3 saturated heterocycles. The highest BCUT2D eigenvalue weighted by Crippen LogP contribution is 2.37. The van der Waals surface area contributed by atoms with Gasteiger partial charge in [0, 0.05) is 38.7 Å². The Morgan fingerprint density at radius 3 is 2.92 bits per heavy atom. The van der Waals surface area contributed by atoms with Crippen LogP contribution >= 0.6 is 0 Å². The highest BCUT2D eigenvalue weighted by atomic mass is 16.5. The monoisotopic (exact) mass is 356 g/mol. The average Bonchev–Trinajstić information content (AvgIpc) is 3.24. The number of aryl methyl sites for hydroxylation is 1. The first-order chi connectivity index (χ1) is 12.6. The van der Waals surface area contributed by atoms with Gasteiger partial charge in [-0.05, 0) is 43.7 Å². The SMILES string of the molecule is Cc1ccccc1CC(=O)N1CC[C@]2(C[C@H](N3CCCC3=O)CCO2)C1. The predicted octanol–water partition coefficient (Wildman–Crippen LogP) is 2.31. The minimum Gasteiger partial charge on any atom is -0.373 e. The summed E-state index contributed by atoms with van der Waals surface area (Å²) in [5.74, 6) is 0.469. The number of rotatable bonds is 3. The van der Waals surface area contributed by atoms with E-state index < -0.39 is 0 Å². The summed E-state index contributed by atoms with van der Waals surface area (Å²) in [7, 11) is 0. The summed E-state index contributed by atoms with van der Waals surface area (Å²) in [4.78, 5) is 28.9. The van der Waals surface area contributed by atoms with E-state index in [0.29, 0.717) is 26.0 Å². The number of likely N-dealkylation sites (tertiary alicyclic amines) is 2. The molecule has 2 atom stereocenters. The molecule has 0 bridgehead atoms. The largest absolute Gasteiger partial charge is 0.373 e. The maximum atomic E-state index is 12.8. The van der Waals surface area contributed by atoms with Gasteiger partial charge in [0.25, 0.3) is 0 Å². The van der Waals surface area contributed by atoms with Crippen LogP contribution in [0.3, 0.4) is 0 Å². The zero-order chi connectivity index (χ0) is 18.1. The number of amides is 2. The Kier molecular flexibility index (Phi) is 4.74. The second kappa shape index (κ2) is 7.03. The van der Waals surface area contributed by atoms with Crippen molar-refractivity contribution in [2.45, 2.75) is 57.1 Å². The third kappa shape index (κ3) is 3.37. The Morgan fingerprint density at radius 1 is 1.31 bits per heavy atom. The molecule has 0 aromatic heterocycles. The van der Waals surface area contributed by atoms with Crippen molar-refractivity contribution in [3.63, 3.8) is 0 Å². The van der Waals surface area contributed by atoms with Crippen molar-refractivity contribution >= 4 is 11.8 Å². The Bertz CT molecular complexity index is 704. The van der Waals surface area contributed by atoms with Gasteiger partial charge in [-0.3, -0.25) is 9.59 Å².